The molecule has 0 saturated heterocycles. The van der Waals surface area contributed by atoms with Crippen LogP contribution in [0.4, 0.5) is 5.69 Å². The van der Waals surface area contributed by atoms with E-state index in [0.29, 0.717) is 22.4 Å². The van der Waals surface area contributed by atoms with Crippen LogP contribution >= 0.6 is 0 Å². The molecule has 0 aromatic heterocycles. The fourth-order valence-electron chi connectivity index (χ4n) is 3.02. The molecule has 0 heterocycles. The molecule has 8 nitrogen and oxygen atoms in total. The maximum absolute atomic E-state index is 12.6. The standard InChI is InChI=1S/C24H23N3O5S/c1-16(28)18-8-12-22(13-9-18)33(31,32)27-21-10-6-19(7-11-21)24(30)26-15-17-4-3-5-20(14-17)23(29)25-2/h3-14,27H,15H2,1-2H3,(H,25,29)(H,26,30). The Morgan fingerprint density at radius 2 is 1.42 bits per heavy atom. The third-order valence-electron chi connectivity index (χ3n) is 4.84. The molecule has 0 radical (unpaired) electrons. The van der Waals surface area contributed by atoms with Crippen LogP contribution in [0, 0.1) is 0 Å². The zero-order valence-corrected chi connectivity index (χ0v) is 18.9. The average Bonchev–Trinajstić information content (AvgIpc) is 2.82. The first kappa shape index (κ1) is 23.7. The Hall–Kier alpha value is -3.98. The van der Waals surface area contributed by atoms with Crippen molar-refractivity contribution in [2.45, 2.75) is 18.4 Å². The predicted molar refractivity (Wildman–Crippen MR) is 125 cm³/mol. The normalized spacial score (nSPS) is 10.8. The van der Waals surface area contributed by atoms with Crippen LogP contribution in [0.25, 0.3) is 0 Å². The molecule has 0 fully saturated rings. The minimum absolute atomic E-state index is 0.0216. The molecule has 33 heavy (non-hydrogen) atoms. The van der Waals surface area contributed by atoms with Gasteiger partial charge in [-0.3, -0.25) is 19.1 Å². The van der Waals surface area contributed by atoms with Gasteiger partial charge in [0.1, 0.15) is 0 Å². The van der Waals surface area contributed by atoms with Crippen LogP contribution in [-0.2, 0) is 16.6 Å². The van der Waals surface area contributed by atoms with Gasteiger partial charge in [-0.15, -0.1) is 0 Å². The summed E-state index contributed by atoms with van der Waals surface area (Å²) < 4.78 is 27.6. The zero-order chi connectivity index (χ0) is 24.0. The van der Waals surface area contributed by atoms with Crippen molar-refractivity contribution in [3.05, 3.63) is 95.1 Å². The molecule has 3 N–H and O–H groups in total. The van der Waals surface area contributed by atoms with Gasteiger partial charge >= 0.3 is 0 Å². The van der Waals surface area contributed by atoms with E-state index in [4.69, 9.17) is 0 Å². The molecule has 0 aliphatic rings. The molecular formula is C24H23N3O5S. The highest BCUT2D eigenvalue weighted by atomic mass is 32.2. The minimum atomic E-state index is -3.84. The van der Waals surface area contributed by atoms with Crippen LogP contribution < -0.4 is 15.4 Å². The zero-order valence-electron chi connectivity index (χ0n) is 18.1. The Labute approximate surface area is 192 Å². The summed E-state index contributed by atoms with van der Waals surface area (Å²) in [5, 5.41) is 5.32. The van der Waals surface area contributed by atoms with Gasteiger partial charge in [0.25, 0.3) is 21.8 Å². The summed E-state index contributed by atoms with van der Waals surface area (Å²) in [6, 6.07) is 18.5. The summed E-state index contributed by atoms with van der Waals surface area (Å²) >= 11 is 0. The van der Waals surface area contributed by atoms with Crippen molar-refractivity contribution >= 4 is 33.3 Å². The Bertz CT molecular complexity index is 1280. The van der Waals surface area contributed by atoms with Crippen molar-refractivity contribution in [3.63, 3.8) is 0 Å². The molecule has 2 amide bonds. The number of anilines is 1. The number of carbonyl (C=O) groups excluding carboxylic acids is 3. The van der Waals surface area contributed by atoms with Crippen LogP contribution in [0.2, 0.25) is 0 Å². The third kappa shape index (κ3) is 6.05. The quantitative estimate of drug-likeness (QED) is 0.442. The summed E-state index contributed by atoms with van der Waals surface area (Å²) in [5.41, 5.74) is 2.33. The first-order valence-corrected chi connectivity index (χ1v) is 11.5. The van der Waals surface area contributed by atoms with Gasteiger partial charge < -0.3 is 10.6 Å². The van der Waals surface area contributed by atoms with Gasteiger partial charge in [0.05, 0.1) is 4.90 Å². The number of ketones is 1. The lowest BCUT2D eigenvalue weighted by atomic mass is 10.1. The highest BCUT2D eigenvalue weighted by Gasteiger charge is 2.15. The van der Waals surface area contributed by atoms with Gasteiger partial charge in [-0.25, -0.2) is 8.42 Å². The lowest BCUT2D eigenvalue weighted by Gasteiger charge is -2.10. The number of carbonyl (C=O) groups is 3. The van der Waals surface area contributed by atoms with Gasteiger partial charge in [0.15, 0.2) is 5.78 Å². The van der Waals surface area contributed by atoms with E-state index in [0.717, 1.165) is 5.56 Å². The van der Waals surface area contributed by atoms with Crippen molar-refractivity contribution in [2.24, 2.45) is 0 Å². The maximum Gasteiger partial charge on any atom is 0.261 e. The topological polar surface area (TPSA) is 121 Å². The van der Waals surface area contributed by atoms with Gasteiger partial charge in [0, 0.05) is 36.0 Å². The van der Waals surface area contributed by atoms with Crippen LogP contribution in [0.3, 0.4) is 0 Å². The molecule has 0 atom stereocenters. The van der Waals surface area contributed by atoms with E-state index in [1.807, 2.05) is 0 Å². The van der Waals surface area contributed by atoms with E-state index in [2.05, 4.69) is 15.4 Å². The molecule has 0 spiro atoms. The van der Waals surface area contributed by atoms with Crippen molar-refractivity contribution in [1.82, 2.24) is 10.6 Å². The number of rotatable bonds is 8. The lowest BCUT2D eigenvalue weighted by molar-refractivity contribution is 0.0948. The van der Waals surface area contributed by atoms with Crippen LogP contribution in [0.1, 0.15) is 43.6 Å². The molecule has 170 valence electrons. The average molecular weight is 466 g/mol. The number of hydrogen-bond donors (Lipinski definition) is 3. The Kier molecular flexibility index (Phi) is 7.24. The summed E-state index contributed by atoms with van der Waals surface area (Å²) in [6.07, 6.45) is 0. The summed E-state index contributed by atoms with van der Waals surface area (Å²) in [4.78, 5) is 35.5. The molecule has 3 aromatic carbocycles. The molecule has 9 heteroatoms. The van der Waals surface area contributed by atoms with Crippen LogP contribution in [0.5, 0.6) is 0 Å². The summed E-state index contributed by atoms with van der Waals surface area (Å²) in [7, 11) is -2.30. The monoisotopic (exact) mass is 465 g/mol. The largest absolute Gasteiger partial charge is 0.355 e. The molecule has 0 unspecified atom stereocenters. The van der Waals surface area contributed by atoms with Gasteiger partial charge in [-0.2, -0.15) is 0 Å². The van der Waals surface area contributed by atoms with Gasteiger partial charge in [-0.05, 0) is 61.0 Å². The van der Waals surface area contributed by atoms with Crippen molar-refractivity contribution in [3.8, 4) is 0 Å². The van der Waals surface area contributed by atoms with Gasteiger partial charge in [-0.1, -0.05) is 24.3 Å². The van der Waals surface area contributed by atoms with E-state index >= 15 is 0 Å². The fraction of sp³-hybridized carbons (Fsp3) is 0.125. The molecular weight excluding hydrogens is 442 g/mol. The van der Waals surface area contributed by atoms with Crippen molar-refractivity contribution < 1.29 is 22.8 Å². The number of amides is 2. The first-order valence-electron chi connectivity index (χ1n) is 10.0. The molecule has 3 aromatic rings. The Balaban J connectivity index is 1.63. The van der Waals surface area contributed by atoms with E-state index in [1.165, 1.54) is 55.5 Å². The smallest absolute Gasteiger partial charge is 0.261 e. The second kappa shape index (κ2) is 10.1. The number of sulfonamides is 1. The summed E-state index contributed by atoms with van der Waals surface area (Å²) in [5.74, 6) is -0.703. The molecule has 0 aliphatic heterocycles. The number of benzene rings is 3. The van der Waals surface area contributed by atoms with Crippen molar-refractivity contribution in [2.75, 3.05) is 11.8 Å². The first-order chi connectivity index (χ1) is 15.7. The van der Waals surface area contributed by atoms with Gasteiger partial charge in [0.2, 0.25) is 0 Å². The van der Waals surface area contributed by atoms with E-state index < -0.39 is 10.0 Å². The molecule has 0 bridgehead atoms. The minimum Gasteiger partial charge on any atom is -0.355 e. The lowest BCUT2D eigenvalue weighted by Crippen LogP contribution is -2.23. The Morgan fingerprint density at radius 3 is 2.03 bits per heavy atom. The number of nitrogens with one attached hydrogen (secondary N) is 3. The third-order valence-corrected chi connectivity index (χ3v) is 6.24. The number of hydrogen-bond acceptors (Lipinski definition) is 5. The highest BCUT2D eigenvalue weighted by Crippen LogP contribution is 2.18. The maximum atomic E-state index is 12.6. The van der Waals surface area contributed by atoms with Crippen LogP contribution in [-0.4, -0.2) is 33.1 Å². The second-order valence-corrected chi connectivity index (χ2v) is 8.91. The van der Waals surface area contributed by atoms with E-state index in [-0.39, 0.29) is 29.0 Å². The fourth-order valence-corrected chi connectivity index (χ4v) is 4.08. The van der Waals surface area contributed by atoms with E-state index in [9.17, 15) is 22.8 Å². The Morgan fingerprint density at radius 1 is 0.788 bits per heavy atom. The van der Waals surface area contributed by atoms with E-state index in [1.54, 1.807) is 31.3 Å². The SMILES string of the molecule is CNC(=O)c1cccc(CNC(=O)c2ccc(NS(=O)(=O)c3ccc(C(C)=O)cc3)cc2)c1. The second-order valence-electron chi connectivity index (χ2n) is 7.23. The molecule has 0 aliphatic carbocycles. The highest BCUT2D eigenvalue weighted by molar-refractivity contribution is 7.92. The van der Waals surface area contributed by atoms with Crippen molar-refractivity contribution in [1.29, 1.82) is 0 Å². The summed E-state index contributed by atoms with van der Waals surface area (Å²) in [6.45, 7) is 1.63. The molecule has 3 rings (SSSR count). The molecule has 0 saturated carbocycles. The number of Topliss-reactive ketones (excluding diaryl/α,β-unsaturated/α-hetero) is 1. The predicted octanol–water partition coefficient (Wildman–Crippen LogP) is 2.98. The van der Waals surface area contributed by atoms with Crippen LogP contribution in [0.15, 0.2) is 77.7 Å².